The first-order valence-electron chi connectivity index (χ1n) is 4.70. The molecule has 1 aromatic carbocycles. The van der Waals surface area contributed by atoms with E-state index in [0.29, 0.717) is 9.90 Å². The average Bonchev–Trinajstić information content (AvgIpc) is 2.64. The third-order valence-corrected chi connectivity index (χ3v) is 5.15. The zero-order chi connectivity index (χ0) is 12.5. The lowest BCUT2D eigenvalue weighted by Crippen LogP contribution is -2.06. The molecule has 1 aromatic heterocycles. The third kappa shape index (κ3) is 2.68. The van der Waals surface area contributed by atoms with Gasteiger partial charge in [0, 0.05) is 0 Å². The maximum Gasteiger partial charge on any atom is 0.185 e. The molecule has 0 fully saturated rings. The first kappa shape index (κ1) is 12.5. The fraction of sp³-hybridized carbons (Fsp3) is 0.0909. The van der Waals surface area contributed by atoms with Crippen molar-refractivity contribution in [1.29, 1.82) is 0 Å². The van der Waals surface area contributed by atoms with E-state index in [-0.39, 0.29) is 10.6 Å². The van der Waals surface area contributed by atoms with Crippen molar-refractivity contribution in [2.75, 3.05) is 0 Å². The van der Waals surface area contributed by atoms with Crippen molar-refractivity contribution in [1.82, 2.24) is 0 Å². The van der Waals surface area contributed by atoms with E-state index in [9.17, 15) is 12.8 Å². The van der Waals surface area contributed by atoms with Crippen molar-refractivity contribution in [2.45, 2.75) is 10.6 Å². The van der Waals surface area contributed by atoms with Crippen LogP contribution in [0.3, 0.4) is 0 Å². The second kappa shape index (κ2) is 4.76. The van der Waals surface area contributed by atoms with E-state index in [4.69, 9.17) is 11.6 Å². The number of benzene rings is 1. The number of halogens is 2. The highest BCUT2D eigenvalue weighted by atomic mass is 35.5. The Labute approximate surface area is 108 Å². The Morgan fingerprint density at radius 3 is 2.53 bits per heavy atom. The molecule has 0 aliphatic carbocycles. The summed E-state index contributed by atoms with van der Waals surface area (Å²) in [7, 11) is -3.69. The van der Waals surface area contributed by atoms with E-state index < -0.39 is 15.7 Å². The van der Waals surface area contributed by atoms with Gasteiger partial charge in [-0.15, -0.1) is 11.3 Å². The van der Waals surface area contributed by atoms with E-state index in [1.807, 2.05) is 0 Å². The molecule has 0 aliphatic heterocycles. The number of thiophene rings is 1. The zero-order valence-electron chi connectivity index (χ0n) is 8.56. The van der Waals surface area contributed by atoms with Crippen LogP contribution in [0.4, 0.5) is 4.39 Å². The van der Waals surface area contributed by atoms with Crippen molar-refractivity contribution < 1.29 is 12.8 Å². The molecule has 0 saturated carbocycles. The fourth-order valence-electron chi connectivity index (χ4n) is 1.40. The predicted molar refractivity (Wildman–Crippen MR) is 66.6 cm³/mol. The Kier molecular flexibility index (Phi) is 3.51. The topological polar surface area (TPSA) is 34.1 Å². The summed E-state index contributed by atoms with van der Waals surface area (Å²) in [5, 5.41) is 1.70. The SMILES string of the molecule is O=S(=O)(Cc1ccsc1Cl)c1ccccc1F. The molecular formula is C11H8ClFO2S2. The lowest BCUT2D eigenvalue weighted by Gasteiger charge is -2.04. The maximum atomic E-state index is 13.4. The van der Waals surface area contributed by atoms with Crippen molar-refractivity contribution in [3.63, 3.8) is 0 Å². The van der Waals surface area contributed by atoms with Gasteiger partial charge in [0.25, 0.3) is 0 Å². The van der Waals surface area contributed by atoms with Gasteiger partial charge in [0.2, 0.25) is 0 Å². The fourth-order valence-corrected chi connectivity index (χ4v) is 3.96. The molecule has 0 atom stereocenters. The second-order valence-corrected chi connectivity index (χ2v) is 6.89. The van der Waals surface area contributed by atoms with Crippen molar-refractivity contribution in [2.24, 2.45) is 0 Å². The summed E-state index contributed by atoms with van der Waals surface area (Å²) in [5.74, 6) is -1.02. The Morgan fingerprint density at radius 1 is 1.24 bits per heavy atom. The highest BCUT2D eigenvalue weighted by Crippen LogP contribution is 2.27. The molecule has 0 N–H and O–H groups in total. The smallest absolute Gasteiger partial charge is 0.185 e. The zero-order valence-corrected chi connectivity index (χ0v) is 10.9. The Hall–Kier alpha value is -0.910. The summed E-state index contributed by atoms with van der Waals surface area (Å²) in [4.78, 5) is -0.290. The number of rotatable bonds is 3. The molecule has 0 saturated heterocycles. The summed E-state index contributed by atoms with van der Waals surface area (Å²) >= 11 is 7.09. The highest BCUT2D eigenvalue weighted by molar-refractivity contribution is 7.90. The van der Waals surface area contributed by atoms with Gasteiger partial charge in [-0.1, -0.05) is 23.7 Å². The standard InChI is InChI=1S/C11H8ClFO2S2/c12-11-8(5-6-16-11)7-17(14,15)10-4-2-1-3-9(10)13/h1-6H,7H2. The lowest BCUT2D eigenvalue weighted by molar-refractivity contribution is 0.566. The summed E-state index contributed by atoms with van der Waals surface area (Å²) in [6.45, 7) is 0. The van der Waals surface area contributed by atoms with Gasteiger partial charge in [-0.3, -0.25) is 0 Å². The van der Waals surface area contributed by atoms with Crippen LogP contribution in [0.15, 0.2) is 40.6 Å². The monoisotopic (exact) mass is 290 g/mol. The first-order valence-corrected chi connectivity index (χ1v) is 7.61. The molecule has 2 aromatic rings. The molecule has 1 heterocycles. The molecule has 6 heteroatoms. The van der Waals surface area contributed by atoms with Gasteiger partial charge in [-0.05, 0) is 29.1 Å². The van der Waals surface area contributed by atoms with Crippen LogP contribution in [0.25, 0.3) is 0 Å². The van der Waals surface area contributed by atoms with Crippen LogP contribution in [0.5, 0.6) is 0 Å². The molecule has 0 amide bonds. The van der Waals surface area contributed by atoms with Crippen molar-refractivity contribution >= 4 is 32.8 Å². The highest BCUT2D eigenvalue weighted by Gasteiger charge is 2.20. The molecule has 2 nitrogen and oxygen atoms in total. The minimum Gasteiger partial charge on any atom is -0.223 e. The number of hydrogen-bond acceptors (Lipinski definition) is 3. The molecule has 0 aliphatic rings. The number of sulfone groups is 1. The van der Waals surface area contributed by atoms with Gasteiger partial charge in [0.1, 0.15) is 10.7 Å². The van der Waals surface area contributed by atoms with Crippen LogP contribution >= 0.6 is 22.9 Å². The number of hydrogen-bond donors (Lipinski definition) is 0. The molecule has 17 heavy (non-hydrogen) atoms. The first-order chi connectivity index (χ1) is 8.00. The molecular weight excluding hydrogens is 283 g/mol. The van der Waals surface area contributed by atoms with Crippen molar-refractivity contribution in [3.8, 4) is 0 Å². The van der Waals surface area contributed by atoms with Crippen LogP contribution < -0.4 is 0 Å². The largest absolute Gasteiger partial charge is 0.223 e. The lowest BCUT2D eigenvalue weighted by atomic mass is 10.3. The van der Waals surface area contributed by atoms with Crippen LogP contribution in [-0.2, 0) is 15.6 Å². The normalized spacial score (nSPS) is 11.6. The van der Waals surface area contributed by atoms with E-state index in [0.717, 1.165) is 6.07 Å². The van der Waals surface area contributed by atoms with Gasteiger partial charge in [0.05, 0.1) is 10.1 Å². The molecule has 90 valence electrons. The predicted octanol–water partition coefficient (Wildman–Crippen LogP) is 3.51. The van der Waals surface area contributed by atoms with E-state index in [1.54, 1.807) is 11.4 Å². The summed E-state index contributed by atoms with van der Waals surface area (Å²) in [6.07, 6.45) is 0. The maximum absolute atomic E-state index is 13.4. The molecule has 2 rings (SSSR count). The Bertz CT molecular complexity index is 634. The second-order valence-electron chi connectivity index (χ2n) is 3.41. The Morgan fingerprint density at radius 2 is 1.94 bits per heavy atom. The van der Waals surface area contributed by atoms with Crippen molar-refractivity contribution in [3.05, 3.63) is 51.4 Å². The quantitative estimate of drug-likeness (QED) is 0.867. The molecule has 0 bridgehead atoms. The van der Waals surface area contributed by atoms with E-state index in [1.165, 1.54) is 29.5 Å². The van der Waals surface area contributed by atoms with E-state index in [2.05, 4.69) is 0 Å². The van der Waals surface area contributed by atoms with Gasteiger partial charge in [-0.25, -0.2) is 12.8 Å². The van der Waals surface area contributed by atoms with Gasteiger partial charge < -0.3 is 0 Å². The molecule has 0 spiro atoms. The van der Waals surface area contributed by atoms with Crippen LogP contribution in [0, 0.1) is 5.82 Å². The summed E-state index contributed by atoms with van der Waals surface area (Å²) in [5.41, 5.74) is 0.500. The van der Waals surface area contributed by atoms with Crippen LogP contribution in [0.2, 0.25) is 4.34 Å². The van der Waals surface area contributed by atoms with Gasteiger partial charge in [-0.2, -0.15) is 0 Å². The third-order valence-electron chi connectivity index (χ3n) is 2.21. The van der Waals surface area contributed by atoms with Gasteiger partial charge >= 0.3 is 0 Å². The summed E-state index contributed by atoms with van der Waals surface area (Å²) < 4.78 is 37.8. The van der Waals surface area contributed by atoms with Gasteiger partial charge in [0.15, 0.2) is 9.84 Å². The Balaban J connectivity index is 2.39. The van der Waals surface area contributed by atoms with Crippen LogP contribution in [-0.4, -0.2) is 8.42 Å². The minimum atomic E-state index is -3.69. The summed E-state index contributed by atoms with van der Waals surface area (Å²) in [6, 6.07) is 6.95. The molecule has 0 unspecified atom stereocenters. The average molecular weight is 291 g/mol. The minimum absolute atomic E-state index is 0.281. The van der Waals surface area contributed by atoms with E-state index >= 15 is 0 Å². The van der Waals surface area contributed by atoms with Crippen LogP contribution in [0.1, 0.15) is 5.56 Å². The molecule has 0 radical (unpaired) electrons.